The topological polar surface area (TPSA) is 35.0 Å². The summed E-state index contributed by atoms with van der Waals surface area (Å²) in [6, 6.07) is 0. The number of halogens is 2. The molecule has 0 N–H and O–H groups in total. The highest BCUT2D eigenvalue weighted by Gasteiger charge is 2.06. The van der Waals surface area contributed by atoms with Crippen LogP contribution in [0.2, 0.25) is 0 Å². The molecule has 0 saturated carbocycles. The van der Waals surface area contributed by atoms with E-state index in [2.05, 4.69) is 25.9 Å². The van der Waals surface area contributed by atoms with Gasteiger partial charge in [0.15, 0.2) is 0 Å². The van der Waals surface area contributed by atoms with Gasteiger partial charge in [-0.25, -0.2) is 9.97 Å². The summed E-state index contributed by atoms with van der Waals surface area (Å²) >= 11 is 9.20. The highest BCUT2D eigenvalue weighted by molar-refractivity contribution is 9.10. The average Bonchev–Trinajstić information content (AvgIpc) is 2.09. The smallest absolute Gasteiger partial charge is 0.129 e. The minimum Gasteiger partial charge on any atom is -0.383 e. The Hall–Kier alpha value is -0.190. The molecule has 1 unspecified atom stereocenters. The lowest BCUT2D eigenvalue weighted by Gasteiger charge is -2.05. The van der Waals surface area contributed by atoms with Crippen LogP contribution in [0.1, 0.15) is 5.82 Å². The van der Waals surface area contributed by atoms with E-state index in [1.54, 1.807) is 19.5 Å². The van der Waals surface area contributed by atoms with Crippen molar-refractivity contribution in [2.45, 2.75) is 11.8 Å². The summed E-state index contributed by atoms with van der Waals surface area (Å²) in [7, 11) is 1.62. The van der Waals surface area contributed by atoms with Crippen molar-refractivity contribution in [3.8, 4) is 0 Å². The van der Waals surface area contributed by atoms with Gasteiger partial charge in [-0.3, -0.25) is 0 Å². The molecule has 0 aliphatic rings. The third kappa shape index (κ3) is 4.02. The number of rotatable bonds is 4. The zero-order valence-electron chi connectivity index (χ0n) is 7.20. The van der Waals surface area contributed by atoms with Gasteiger partial charge in [0.2, 0.25) is 0 Å². The molecule has 0 spiro atoms. The maximum atomic E-state index is 5.94. The van der Waals surface area contributed by atoms with Crippen LogP contribution >= 0.6 is 27.5 Å². The van der Waals surface area contributed by atoms with Crippen LogP contribution < -0.4 is 0 Å². The van der Waals surface area contributed by atoms with E-state index in [9.17, 15) is 0 Å². The van der Waals surface area contributed by atoms with E-state index >= 15 is 0 Å². The molecule has 1 atom stereocenters. The van der Waals surface area contributed by atoms with Crippen LogP contribution in [0.25, 0.3) is 0 Å². The second kappa shape index (κ2) is 5.52. The van der Waals surface area contributed by atoms with Gasteiger partial charge in [0, 0.05) is 25.9 Å². The molecule has 0 aromatic carbocycles. The molecule has 72 valence electrons. The average molecular weight is 266 g/mol. The second-order valence-corrected chi connectivity index (χ2v) is 4.11. The first-order valence-corrected chi connectivity index (χ1v) is 5.04. The van der Waals surface area contributed by atoms with Gasteiger partial charge in [0.05, 0.1) is 16.5 Å². The van der Waals surface area contributed by atoms with Gasteiger partial charge in [0.25, 0.3) is 0 Å². The number of alkyl halides is 1. The minimum atomic E-state index is -0.0637. The van der Waals surface area contributed by atoms with Crippen LogP contribution in [0.4, 0.5) is 0 Å². The number of aromatic nitrogens is 2. The van der Waals surface area contributed by atoms with Crippen LogP contribution in [-0.4, -0.2) is 29.1 Å². The standard InChI is InChI=1S/C8H10BrClN2O/c1-13-5-7(10)2-8-11-3-6(9)4-12-8/h3-4,7H,2,5H2,1H3. The van der Waals surface area contributed by atoms with Gasteiger partial charge in [0.1, 0.15) is 5.82 Å². The number of hydrogen-bond acceptors (Lipinski definition) is 3. The van der Waals surface area contributed by atoms with E-state index in [0.717, 1.165) is 10.3 Å². The van der Waals surface area contributed by atoms with Crippen molar-refractivity contribution in [2.75, 3.05) is 13.7 Å². The summed E-state index contributed by atoms with van der Waals surface area (Å²) in [4.78, 5) is 8.21. The fourth-order valence-corrected chi connectivity index (χ4v) is 1.35. The fourth-order valence-electron chi connectivity index (χ4n) is 0.882. The predicted octanol–water partition coefficient (Wildman–Crippen LogP) is 2.04. The van der Waals surface area contributed by atoms with Crippen LogP contribution in [0.5, 0.6) is 0 Å². The van der Waals surface area contributed by atoms with Crippen LogP contribution in [0, 0.1) is 0 Å². The van der Waals surface area contributed by atoms with Gasteiger partial charge in [-0.2, -0.15) is 0 Å². The molecule has 13 heavy (non-hydrogen) atoms. The quantitative estimate of drug-likeness (QED) is 0.782. The Morgan fingerprint density at radius 1 is 1.54 bits per heavy atom. The fraction of sp³-hybridized carbons (Fsp3) is 0.500. The predicted molar refractivity (Wildman–Crippen MR) is 55.0 cm³/mol. The highest BCUT2D eigenvalue weighted by Crippen LogP contribution is 2.07. The number of nitrogens with zero attached hydrogens (tertiary/aromatic N) is 2. The molecule has 0 aliphatic heterocycles. The lowest BCUT2D eigenvalue weighted by atomic mass is 10.3. The second-order valence-electron chi connectivity index (χ2n) is 2.57. The minimum absolute atomic E-state index is 0.0637. The van der Waals surface area contributed by atoms with Crippen molar-refractivity contribution in [3.05, 3.63) is 22.7 Å². The van der Waals surface area contributed by atoms with Gasteiger partial charge in [-0.15, -0.1) is 11.6 Å². The zero-order valence-corrected chi connectivity index (χ0v) is 9.55. The molecule has 1 aromatic rings. The van der Waals surface area contributed by atoms with E-state index < -0.39 is 0 Å². The number of methoxy groups -OCH3 is 1. The Bertz CT molecular complexity index is 255. The van der Waals surface area contributed by atoms with Crippen molar-refractivity contribution >= 4 is 27.5 Å². The zero-order chi connectivity index (χ0) is 9.68. The number of hydrogen-bond donors (Lipinski definition) is 0. The lowest BCUT2D eigenvalue weighted by Crippen LogP contribution is -2.12. The van der Waals surface area contributed by atoms with Gasteiger partial charge in [-0.1, -0.05) is 0 Å². The highest BCUT2D eigenvalue weighted by atomic mass is 79.9. The molecule has 0 bridgehead atoms. The molecule has 1 aromatic heterocycles. The Balaban J connectivity index is 2.49. The van der Waals surface area contributed by atoms with Gasteiger partial charge < -0.3 is 4.74 Å². The lowest BCUT2D eigenvalue weighted by molar-refractivity contribution is 0.197. The SMILES string of the molecule is COCC(Cl)Cc1ncc(Br)cn1. The molecule has 0 radical (unpaired) electrons. The van der Waals surface area contributed by atoms with Crippen molar-refractivity contribution in [1.82, 2.24) is 9.97 Å². The molecule has 1 heterocycles. The van der Waals surface area contributed by atoms with E-state index in [4.69, 9.17) is 16.3 Å². The largest absolute Gasteiger partial charge is 0.383 e. The molecule has 0 fully saturated rings. The first kappa shape index (κ1) is 10.9. The van der Waals surface area contributed by atoms with E-state index in [1.807, 2.05) is 0 Å². The first-order chi connectivity index (χ1) is 6.22. The first-order valence-electron chi connectivity index (χ1n) is 3.82. The summed E-state index contributed by atoms with van der Waals surface area (Å²) in [6.45, 7) is 0.515. The monoisotopic (exact) mass is 264 g/mol. The van der Waals surface area contributed by atoms with Crippen molar-refractivity contribution in [2.24, 2.45) is 0 Å². The molecule has 1 rings (SSSR count). The summed E-state index contributed by atoms with van der Waals surface area (Å²) in [5.74, 6) is 0.736. The Labute approximate surface area is 90.6 Å². The van der Waals surface area contributed by atoms with Crippen LogP contribution in [-0.2, 0) is 11.2 Å². The van der Waals surface area contributed by atoms with Gasteiger partial charge in [-0.05, 0) is 15.9 Å². The Morgan fingerprint density at radius 2 is 2.15 bits per heavy atom. The molecular formula is C8H10BrClN2O. The van der Waals surface area contributed by atoms with Crippen LogP contribution in [0.3, 0.4) is 0 Å². The molecule has 5 heteroatoms. The van der Waals surface area contributed by atoms with Gasteiger partial charge >= 0.3 is 0 Å². The maximum Gasteiger partial charge on any atom is 0.129 e. The molecule has 3 nitrogen and oxygen atoms in total. The van der Waals surface area contributed by atoms with Crippen molar-refractivity contribution in [3.63, 3.8) is 0 Å². The summed E-state index contributed by atoms with van der Waals surface area (Å²) in [5.41, 5.74) is 0. The van der Waals surface area contributed by atoms with Crippen LogP contribution in [0.15, 0.2) is 16.9 Å². The molecule has 0 amide bonds. The van der Waals surface area contributed by atoms with E-state index in [1.165, 1.54) is 0 Å². The van der Waals surface area contributed by atoms with E-state index in [-0.39, 0.29) is 5.38 Å². The maximum absolute atomic E-state index is 5.94. The third-order valence-corrected chi connectivity index (χ3v) is 2.12. The number of ether oxygens (including phenoxy) is 1. The summed E-state index contributed by atoms with van der Waals surface area (Å²) in [6.07, 6.45) is 4.04. The molecule has 0 saturated heterocycles. The Morgan fingerprint density at radius 3 is 2.69 bits per heavy atom. The molecule has 0 aliphatic carbocycles. The normalized spacial score (nSPS) is 12.8. The summed E-state index contributed by atoms with van der Waals surface area (Å²) < 4.78 is 5.77. The Kier molecular flexibility index (Phi) is 4.62. The third-order valence-electron chi connectivity index (χ3n) is 1.43. The van der Waals surface area contributed by atoms with Crippen molar-refractivity contribution < 1.29 is 4.74 Å². The molecular weight excluding hydrogens is 255 g/mol. The van der Waals surface area contributed by atoms with E-state index in [0.29, 0.717) is 13.0 Å². The van der Waals surface area contributed by atoms with Crippen molar-refractivity contribution in [1.29, 1.82) is 0 Å². The summed E-state index contributed by atoms with van der Waals surface area (Å²) in [5, 5.41) is -0.0637.